The minimum Gasteiger partial charge on any atom is -0.479 e. The van der Waals surface area contributed by atoms with E-state index in [-0.39, 0.29) is 6.54 Å². The van der Waals surface area contributed by atoms with Gasteiger partial charge in [0.1, 0.15) is 0 Å². The molecule has 1 unspecified atom stereocenters. The van der Waals surface area contributed by atoms with Crippen molar-refractivity contribution in [2.24, 2.45) is 0 Å². The van der Waals surface area contributed by atoms with Crippen molar-refractivity contribution in [3.05, 3.63) is 0 Å². The molecule has 1 atom stereocenters. The van der Waals surface area contributed by atoms with E-state index in [1.54, 1.807) is 0 Å². The van der Waals surface area contributed by atoms with E-state index < -0.39 is 17.6 Å². The van der Waals surface area contributed by atoms with E-state index in [4.69, 9.17) is 5.11 Å². The largest absolute Gasteiger partial charge is 0.479 e. The van der Waals surface area contributed by atoms with Gasteiger partial charge in [-0.15, -0.1) is 0 Å². The second kappa shape index (κ2) is 6.01. The Labute approximate surface area is 106 Å². The van der Waals surface area contributed by atoms with E-state index in [0.29, 0.717) is 12.6 Å². The third-order valence-electron chi connectivity index (χ3n) is 2.97. The molecule has 0 saturated heterocycles. The summed E-state index contributed by atoms with van der Waals surface area (Å²) >= 11 is 0. The summed E-state index contributed by atoms with van der Waals surface area (Å²) in [7, 11) is 2.01. The van der Waals surface area contributed by atoms with Crippen LogP contribution in [0.1, 0.15) is 19.8 Å². The molecule has 0 aliphatic heterocycles. The number of urea groups is 1. The average molecular weight is 259 g/mol. The van der Waals surface area contributed by atoms with Crippen LogP contribution in [0.2, 0.25) is 0 Å². The first-order valence-corrected chi connectivity index (χ1v) is 6.00. The van der Waals surface area contributed by atoms with Crippen LogP contribution in [0, 0.1) is 0 Å². The van der Waals surface area contributed by atoms with Crippen LogP contribution in [0.4, 0.5) is 4.79 Å². The molecule has 0 aromatic rings. The number of nitrogens with zero attached hydrogens (tertiary/aromatic N) is 1. The SMILES string of the molecule is CN(CCNC(=O)NCC(C)(O)C(=O)O)C1CC1. The highest BCUT2D eigenvalue weighted by atomic mass is 16.4. The molecule has 0 spiro atoms. The number of aliphatic carboxylic acids is 1. The monoisotopic (exact) mass is 259 g/mol. The van der Waals surface area contributed by atoms with Gasteiger partial charge in [-0.25, -0.2) is 9.59 Å². The minimum atomic E-state index is -1.94. The van der Waals surface area contributed by atoms with E-state index >= 15 is 0 Å². The number of nitrogens with one attached hydrogen (secondary N) is 2. The Bertz CT molecular complexity index is 315. The van der Waals surface area contributed by atoms with Crippen molar-refractivity contribution in [1.29, 1.82) is 0 Å². The number of carbonyl (C=O) groups is 2. The average Bonchev–Trinajstić information content (AvgIpc) is 3.10. The summed E-state index contributed by atoms with van der Waals surface area (Å²) in [5.74, 6) is -1.36. The Morgan fingerprint density at radius 2 is 2.00 bits per heavy atom. The zero-order valence-electron chi connectivity index (χ0n) is 10.8. The van der Waals surface area contributed by atoms with Gasteiger partial charge in [0.15, 0.2) is 5.60 Å². The molecule has 1 aliphatic rings. The molecule has 0 bridgehead atoms. The highest BCUT2D eigenvalue weighted by Gasteiger charge is 2.30. The van der Waals surface area contributed by atoms with Crippen LogP contribution < -0.4 is 10.6 Å². The number of rotatable bonds is 7. The van der Waals surface area contributed by atoms with Crippen molar-refractivity contribution in [3.8, 4) is 0 Å². The molecule has 0 aromatic carbocycles. The van der Waals surface area contributed by atoms with Gasteiger partial charge in [0, 0.05) is 19.1 Å². The quantitative estimate of drug-likeness (QED) is 0.480. The van der Waals surface area contributed by atoms with Crippen molar-refractivity contribution in [3.63, 3.8) is 0 Å². The zero-order valence-corrected chi connectivity index (χ0v) is 10.8. The van der Waals surface area contributed by atoms with Crippen LogP contribution in [0.25, 0.3) is 0 Å². The van der Waals surface area contributed by atoms with Gasteiger partial charge in [-0.1, -0.05) is 0 Å². The molecule has 7 heteroatoms. The van der Waals surface area contributed by atoms with E-state index in [2.05, 4.69) is 15.5 Å². The predicted octanol–water partition coefficient (Wildman–Crippen LogP) is -0.785. The van der Waals surface area contributed by atoms with Crippen LogP contribution in [0.15, 0.2) is 0 Å². The summed E-state index contributed by atoms with van der Waals surface area (Å²) in [5, 5.41) is 23.0. The Balaban J connectivity index is 2.11. The van der Waals surface area contributed by atoms with Gasteiger partial charge < -0.3 is 25.7 Å². The van der Waals surface area contributed by atoms with E-state index in [0.717, 1.165) is 13.5 Å². The standard InChI is InChI=1S/C11H21N3O4/c1-11(18,9(15)16)7-13-10(17)12-5-6-14(2)8-3-4-8/h8,18H,3-7H2,1-2H3,(H,15,16)(H2,12,13,17). The molecule has 2 amide bonds. The number of hydrogen-bond donors (Lipinski definition) is 4. The van der Waals surface area contributed by atoms with Gasteiger partial charge in [-0.05, 0) is 26.8 Å². The molecule has 0 heterocycles. The predicted molar refractivity (Wildman–Crippen MR) is 65.3 cm³/mol. The topological polar surface area (TPSA) is 102 Å². The number of aliphatic hydroxyl groups is 1. The molecule has 104 valence electrons. The fourth-order valence-electron chi connectivity index (χ4n) is 1.43. The van der Waals surface area contributed by atoms with Crippen LogP contribution >= 0.6 is 0 Å². The Hall–Kier alpha value is -1.34. The summed E-state index contributed by atoms with van der Waals surface area (Å²) in [6, 6.07) is 0.170. The van der Waals surface area contributed by atoms with Gasteiger partial charge in [0.25, 0.3) is 0 Å². The lowest BCUT2D eigenvalue weighted by atomic mass is 10.1. The molecule has 0 aromatic heterocycles. The third-order valence-corrected chi connectivity index (χ3v) is 2.97. The molecule has 4 N–H and O–H groups in total. The maximum absolute atomic E-state index is 11.3. The lowest BCUT2D eigenvalue weighted by molar-refractivity contribution is -0.155. The van der Waals surface area contributed by atoms with Crippen LogP contribution in [-0.2, 0) is 4.79 Å². The molecule has 1 rings (SSSR count). The summed E-state index contributed by atoms with van der Waals surface area (Å²) in [5.41, 5.74) is -1.94. The van der Waals surface area contributed by atoms with E-state index in [9.17, 15) is 14.7 Å². The van der Waals surface area contributed by atoms with Crippen molar-refractivity contribution in [1.82, 2.24) is 15.5 Å². The first-order valence-electron chi connectivity index (χ1n) is 6.00. The molecule has 1 saturated carbocycles. The van der Waals surface area contributed by atoms with Gasteiger partial charge in [0.2, 0.25) is 0 Å². The van der Waals surface area contributed by atoms with Crippen molar-refractivity contribution in [2.45, 2.75) is 31.4 Å². The smallest absolute Gasteiger partial charge is 0.337 e. The number of carboxylic acids is 1. The Morgan fingerprint density at radius 1 is 1.39 bits per heavy atom. The Morgan fingerprint density at radius 3 is 2.50 bits per heavy atom. The fraction of sp³-hybridized carbons (Fsp3) is 0.818. The van der Waals surface area contributed by atoms with E-state index in [1.807, 2.05) is 7.05 Å². The van der Waals surface area contributed by atoms with Crippen LogP contribution in [0.3, 0.4) is 0 Å². The molecule has 0 radical (unpaired) electrons. The molecule has 1 fully saturated rings. The minimum absolute atomic E-state index is 0.327. The maximum atomic E-state index is 11.3. The number of carbonyl (C=O) groups excluding carboxylic acids is 1. The second-order valence-corrected chi connectivity index (χ2v) is 4.90. The first-order chi connectivity index (χ1) is 8.33. The number of likely N-dealkylation sites (N-methyl/N-ethyl adjacent to an activating group) is 1. The van der Waals surface area contributed by atoms with Gasteiger partial charge >= 0.3 is 12.0 Å². The maximum Gasteiger partial charge on any atom is 0.337 e. The highest BCUT2D eigenvalue weighted by molar-refractivity contribution is 5.79. The lowest BCUT2D eigenvalue weighted by Gasteiger charge is -2.19. The van der Waals surface area contributed by atoms with Gasteiger partial charge in [0.05, 0.1) is 6.54 Å². The highest BCUT2D eigenvalue weighted by Crippen LogP contribution is 2.24. The van der Waals surface area contributed by atoms with Crippen LogP contribution in [-0.4, -0.2) is 65.4 Å². The van der Waals surface area contributed by atoms with E-state index in [1.165, 1.54) is 12.8 Å². The van der Waals surface area contributed by atoms with Crippen molar-refractivity contribution in [2.75, 3.05) is 26.7 Å². The lowest BCUT2D eigenvalue weighted by Crippen LogP contribution is -2.49. The van der Waals surface area contributed by atoms with Gasteiger partial charge in [-0.2, -0.15) is 0 Å². The normalized spacial score (nSPS) is 18.2. The summed E-state index contributed by atoms with van der Waals surface area (Å²) in [4.78, 5) is 24.1. The third kappa shape index (κ3) is 4.89. The summed E-state index contributed by atoms with van der Waals surface area (Å²) in [6.07, 6.45) is 2.42. The first kappa shape index (κ1) is 14.7. The Kier molecular flexibility index (Phi) is 4.92. The zero-order chi connectivity index (χ0) is 13.8. The fourth-order valence-corrected chi connectivity index (χ4v) is 1.43. The molecule has 7 nitrogen and oxygen atoms in total. The summed E-state index contributed by atoms with van der Waals surface area (Å²) < 4.78 is 0. The molecule has 18 heavy (non-hydrogen) atoms. The molecular formula is C11H21N3O4. The number of carboxylic acid groups (broad SMARTS) is 1. The number of hydrogen-bond acceptors (Lipinski definition) is 4. The van der Waals surface area contributed by atoms with Crippen LogP contribution in [0.5, 0.6) is 0 Å². The van der Waals surface area contributed by atoms with Gasteiger partial charge in [-0.3, -0.25) is 0 Å². The number of amides is 2. The van der Waals surface area contributed by atoms with Crippen molar-refractivity contribution < 1.29 is 19.8 Å². The second-order valence-electron chi connectivity index (χ2n) is 4.90. The molecule has 1 aliphatic carbocycles. The summed E-state index contributed by atoms with van der Waals surface area (Å²) in [6.45, 7) is 2.06. The van der Waals surface area contributed by atoms with Crippen molar-refractivity contribution >= 4 is 12.0 Å². The molecular weight excluding hydrogens is 238 g/mol.